The van der Waals surface area contributed by atoms with Crippen molar-refractivity contribution in [2.75, 3.05) is 0 Å². The van der Waals surface area contributed by atoms with E-state index in [1.807, 2.05) is 26.0 Å². The number of phenols is 1. The fourth-order valence-electron chi connectivity index (χ4n) is 0.961. The van der Waals surface area contributed by atoms with Gasteiger partial charge in [-0.1, -0.05) is 18.1 Å². The smallest absolute Gasteiger partial charge is 0.115 e. The van der Waals surface area contributed by atoms with Crippen LogP contribution in [0.4, 0.5) is 0 Å². The van der Waals surface area contributed by atoms with Crippen molar-refractivity contribution in [1.82, 2.24) is 0 Å². The molecule has 0 amide bonds. The molecule has 0 aliphatic carbocycles. The normalized spacial score (nSPS) is 10.8. The van der Waals surface area contributed by atoms with E-state index < -0.39 is 0 Å². The molecule has 1 nitrogen and oxygen atoms in total. The van der Waals surface area contributed by atoms with Gasteiger partial charge in [0.15, 0.2) is 0 Å². The summed E-state index contributed by atoms with van der Waals surface area (Å²) in [6.45, 7) is 3.94. The quantitative estimate of drug-likeness (QED) is 0.625. The molecule has 0 spiro atoms. The van der Waals surface area contributed by atoms with Crippen LogP contribution in [0.25, 0.3) is 0 Å². The Kier molecular flexibility index (Phi) is 2.10. The van der Waals surface area contributed by atoms with E-state index in [0.717, 1.165) is 5.56 Å². The summed E-state index contributed by atoms with van der Waals surface area (Å²) in [5.41, 5.74) is 0.788. The third-order valence-electron chi connectivity index (χ3n) is 1.95. The zero-order chi connectivity index (χ0) is 9.19. The zero-order valence-corrected chi connectivity index (χ0v) is 7.33. The Morgan fingerprint density at radius 1 is 1.25 bits per heavy atom. The van der Waals surface area contributed by atoms with Gasteiger partial charge in [0.1, 0.15) is 5.75 Å². The van der Waals surface area contributed by atoms with E-state index >= 15 is 0 Å². The average Bonchev–Trinajstić information content (AvgIpc) is 2.05. The van der Waals surface area contributed by atoms with E-state index in [-0.39, 0.29) is 11.2 Å². The molecule has 0 bridgehead atoms. The van der Waals surface area contributed by atoms with Crippen molar-refractivity contribution in [2.24, 2.45) is 0 Å². The third kappa shape index (κ3) is 1.60. The molecule has 0 aliphatic heterocycles. The van der Waals surface area contributed by atoms with Crippen LogP contribution in [0, 0.1) is 12.3 Å². The Balaban J connectivity index is 3.07. The van der Waals surface area contributed by atoms with Crippen LogP contribution < -0.4 is 0 Å². The highest BCUT2D eigenvalue weighted by Gasteiger charge is 2.16. The standard InChI is InChI=1S/C11H12O/c1-4-11(2,3)9-5-7-10(12)8-6-9/h1,5-8,12H,2-3H3. The highest BCUT2D eigenvalue weighted by Crippen LogP contribution is 2.23. The summed E-state index contributed by atoms with van der Waals surface area (Å²) in [4.78, 5) is 0. The maximum Gasteiger partial charge on any atom is 0.115 e. The van der Waals surface area contributed by atoms with Gasteiger partial charge in [-0.05, 0) is 31.5 Å². The lowest BCUT2D eigenvalue weighted by Crippen LogP contribution is -2.13. The molecule has 62 valence electrons. The van der Waals surface area contributed by atoms with Gasteiger partial charge in [-0.15, -0.1) is 6.42 Å². The first-order valence-electron chi connectivity index (χ1n) is 3.83. The van der Waals surface area contributed by atoms with Gasteiger partial charge in [0.05, 0.1) is 5.41 Å². The van der Waals surface area contributed by atoms with E-state index in [2.05, 4.69) is 5.92 Å². The van der Waals surface area contributed by atoms with Crippen molar-refractivity contribution < 1.29 is 5.11 Å². The highest BCUT2D eigenvalue weighted by atomic mass is 16.3. The topological polar surface area (TPSA) is 20.2 Å². The van der Waals surface area contributed by atoms with E-state index in [0.29, 0.717) is 0 Å². The molecule has 0 aliphatic rings. The SMILES string of the molecule is C#CC(C)(C)c1ccc(O)cc1. The summed E-state index contributed by atoms with van der Waals surface area (Å²) in [6, 6.07) is 6.98. The highest BCUT2D eigenvalue weighted by molar-refractivity contribution is 5.35. The van der Waals surface area contributed by atoms with Crippen LogP contribution in [0.3, 0.4) is 0 Å². The molecule has 1 rings (SSSR count). The molecule has 0 saturated carbocycles. The first-order valence-corrected chi connectivity index (χ1v) is 3.83. The number of aromatic hydroxyl groups is 1. The fourth-order valence-corrected chi connectivity index (χ4v) is 0.961. The van der Waals surface area contributed by atoms with Gasteiger partial charge in [0.2, 0.25) is 0 Å². The van der Waals surface area contributed by atoms with Gasteiger partial charge < -0.3 is 5.11 Å². The molecule has 0 unspecified atom stereocenters. The average molecular weight is 160 g/mol. The van der Waals surface area contributed by atoms with Gasteiger partial charge in [-0.25, -0.2) is 0 Å². The second-order valence-electron chi connectivity index (χ2n) is 3.32. The predicted octanol–water partition coefficient (Wildman–Crippen LogP) is 2.30. The zero-order valence-electron chi connectivity index (χ0n) is 7.33. The van der Waals surface area contributed by atoms with Crippen molar-refractivity contribution in [1.29, 1.82) is 0 Å². The lowest BCUT2D eigenvalue weighted by molar-refractivity contribution is 0.474. The molecule has 0 heterocycles. The molecule has 0 fully saturated rings. The number of rotatable bonds is 1. The molecule has 12 heavy (non-hydrogen) atoms. The minimum atomic E-state index is -0.256. The summed E-state index contributed by atoms with van der Waals surface area (Å²) >= 11 is 0. The van der Waals surface area contributed by atoms with Gasteiger partial charge >= 0.3 is 0 Å². The second kappa shape index (κ2) is 2.91. The number of benzene rings is 1. The lowest BCUT2D eigenvalue weighted by atomic mass is 9.86. The monoisotopic (exact) mass is 160 g/mol. The Morgan fingerprint density at radius 3 is 2.17 bits per heavy atom. The molecular weight excluding hydrogens is 148 g/mol. The Morgan fingerprint density at radius 2 is 1.75 bits per heavy atom. The van der Waals surface area contributed by atoms with Crippen LogP contribution >= 0.6 is 0 Å². The van der Waals surface area contributed by atoms with Crippen molar-refractivity contribution in [3.63, 3.8) is 0 Å². The third-order valence-corrected chi connectivity index (χ3v) is 1.95. The van der Waals surface area contributed by atoms with Gasteiger partial charge in [0.25, 0.3) is 0 Å². The summed E-state index contributed by atoms with van der Waals surface area (Å²) in [7, 11) is 0. The molecule has 0 aromatic heterocycles. The molecule has 1 heteroatoms. The van der Waals surface area contributed by atoms with E-state index in [1.54, 1.807) is 12.1 Å². The molecule has 1 N–H and O–H groups in total. The van der Waals surface area contributed by atoms with E-state index in [1.165, 1.54) is 0 Å². The second-order valence-corrected chi connectivity index (χ2v) is 3.32. The van der Waals surface area contributed by atoms with Crippen LogP contribution in [0.1, 0.15) is 19.4 Å². The molecular formula is C11H12O. The van der Waals surface area contributed by atoms with Crippen molar-refractivity contribution in [3.8, 4) is 18.1 Å². The summed E-state index contributed by atoms with van der Waals surface area (Å²) in [5, 5.41) is 9.04. The number of terminal acetylenes is 1. The summed E-state index contributed by atoms with van der Waals surface area (Å²) in [5.74, 6) is 2.97. The first-order chi connectivity index (χ1) is 5.56. The van der Waals surface area contributed by atoms with Crippen molar-refractivity contribution >= 4 is 0 Å². The van der Waals surface area contributed by atoms with Crippen molar-refractivity contribution in [3.05, 3.63) is 29.8 Å². The minimum absolute atomic E-state index is 0.256. The number of hydrogen-bond donors (Lipinski definition) is 1. The summed E-state index contributed by atoms with van der Waals surface area (Å²) < 4.78 is 0. The van der Waals surface area contributed by atoms with Gasteiger partial charge in [-0.3, -0.25) is 0 Å². The summed E-state index contributed by atoms with van der Waals surface area (Å²) in [6.07, 6.45) is 5.36. The lowest BCUT2D eigenvalue weighted by Gasteiger charge is -2.17. The maximum absolute atomic E-state index is 9.04. The van der Waals surface area contributed by atoms with Crippen LogP contribution in [0.15, 0.2) is 24.3 Å². The Hall–Kier alpha value is -1.42. The van der Waals surface area contributed by atoms with Crippen LogP contribution in [-0.2, 0) is 5.41 Å². The van der Waals surface area contributed by atoms with E-state index in [9.17, 15) is 0 Å². The van der Waals surface area contributed by atoms with E-state index in [4.69, 9.17) is 11.5 Å². The Bertz CT molecular complexity index is 301. The molecule has 0 atom stereocenters. The minimum Gasteiger partial charge on any atom is -0.508 e. The van der Waals surface area contributed by atoms with Crippen LogP contribution in [0.5, 0.6) is 5.75 Å². The number of phenolic OH excluding ortho intramolecular Hbond substituents is 1. The molecule has 1 aromatic rings. The fraction of sp³-hybridized carbons (Fsp3) is 0.273. The molecule has 0 radical (unpaired) electrons. The van der Waals surface area contributed by atoms with Gasteiger partial charge in [0, 0.05) is 0 Å². The largest absolute Gasteiger partial charge is 0.508 e. The van der Waals surface area contributed by atoms with Crippen LogP contribution in [-0.4, -0.2) is 5.11 Å². The Labute approximate surface area is 73.0 Å². The molecule has 1 aromatic carbocycles. The first kappa shape index (κ1) is 8.67. The molecule has 0 saturated heterocycles. The predicted molar refractivity (Wildman–Crippen MR) is 50.0 cm³/mol. The van der Waals surface area contributed by atoms with Gasteiger partial charge in [-0.2, -0.15) is 0 Å². The van der Waals surface area contributed by atoms with Crippen molar-refractivity contribution in [2.45, 2.75) is 19.3 Å². The number of hydrogen-bond acceptors (Lipinski definition) is 1. The maximum atomic E-state index is 9.04. The van der Waals surface area contributed by atoms with Crippen LogP contribution in [0.2, 0.25) is 0 Å².